The molecule has 3 fully saturated rings. The first kappa shape index (κ1) is 21.1. The maximum absolute atomic E-state index is 12.3. The van der Waals surface area contributed by atoms with E-state index in [0.29, 0.717) is 17.9 Å². The van der Waals surface area contributed by atoms with Gasteiger partial charge in [-0.25, -0.2) is 0 Å². The minimum Gasteiger partial charge on any atom is -0.355 e. The fourth-order valence-corrected chi connectivity index (χ4v) is 4.27. The first-order valence-electron chi connectivity index (χ1n) is 11.0. The number of hydrogen-bond donors (Lipinski definition) is 2. The monoisotopic (exact) mass is 390 g/mol. The molecule has 28 heavy (non-hydrogen) atoms. The Kier molecular flexibility index (Phi) is 8.15. The van der Waals surface area contributed by atoms with Gasteiger partial charge in [-0.2, -0.15) is 0 Å². The van der Waals surface area contributed by atoms with Crippen LogP contribution in [0.1, 0.15) is 32.1 Å². The molecular weight excluding hydrogens is 352 g/mol. The molecule has 0 aromatic heterocycles. The summed E-state index contributed by atoms with van der Waals surface area (Å²) in [6, 6.07) is 0.494. The summed E-state index contributed by atoms with van der Waals surface area (Å²) >= 11 is 0. The van der Waals surface area contributed by atoms with Gasteiger partial charge in [0.2, 0.25) is 5.91 Å². The van der Waals surface area contributed by atoms with Crippen LogP contribution in [0.15, 0.2) is 17.6 Å². The van der Waals surface area contributed by atoms with Crippen molar-refractivity contribution < 1.29 is 4.79 Å². The molecule has 0 unspecified atom stereocenters. The van der Waals surface area contributed by atoms with E-state index in [-0.39, 0.29) is 0 Å². The van der Waals surface area contributed by atoms with E-state index in [2.05, 4.69) is 36.9 Å². The SMILES string of the molecule is C=CCN1CCC(NC(=NC)NCCN2CCN(C(=O)C3CCC3)CC2)CC1. The van der Waals surface area contributed by atoms with E-state index in [4.69, 9.17) is 0 Å². The van der Waals surface area contributed by atoms with Crippen LogP contribution < -0.4 is 10.6 Å². The number of rotatable bonds is 7. The number of carbonyl (C=O) groups excluding carboxylic acids is 1. The lowest BCUT2D eigenvalue weighted by atomic mass is 9.84. The number of amides is 1. The van der Waals surface area contributed by atoms with Gasteiger partial charge in [-0.15, -0.1) is 6.58 Å². The highest BCUT2D eigenvalue weighted by atomic mass is 16.2. The third-order valence-corrected chi connectivity index (χ3v) is 6.40. The minimum absolute atomic E-state index is 0.325. The van der Waals surface area contributed by atoms with Crippen LogP contribution in [0.4, 0.5) is 0 Å². The molecule has 3 aliphatic rings. The van der Waals surface area contributed by atoms with Crippen LogP contribution >= 0.6 is 0 Å². The maximum atomic E-state index is 12.3. The molecule has 2 heterocycles. The van der Waals surface area contributed by atoms with Gasteiger partial charge in [0.05, 0.1) is 0 Å². The van der Waals surface area contributed by atoms with Gasteiger partial charge in [-0.05, 0) is 25.7 Å². The predicted molar refractivity (Wildman–Crippen MR) is 115 cm³/mol. The quantitative estimate of drug-likeness (QED) is 0.382. The summed E-state index contributed by atoms with van der Waals surface area (Å²) in [5.74, 6) is 1.62. The van der Waals surface area contributed by atoms with Crippen molar-refractivity contribution in [3.05, 3.63) is 12.7 Å². The number of nitrogens with one attached hydrogen (secondary N) is 2. The average molecular weight is 391 g/mol. The predicted octanol–water partition coefficient (Wildman–Crippen LogP) is 0.746. The summed E-state index contributed by atoms with van der Waals surface area (Å²) < 4.78 is 0. The molecule has 0 bridgehead atoms. The van der Waals surface area contributed by atoms with Crippen LogP contribution in [0.5, 0.6) is 0 Å². The Morgan fingerprint density at radius 3 is 2.36 bits per heavy atom. The molecule has 7 heteroatoms. The largest absolute Gasteiger partial charge is 0.355 e. The smallest absolute Gasteiger partial charge is 0.225 e. The second kappa shape index (κ2) is 10.8. The molecule has 0 atom stereocenters. The first-order valence-corrected chi connectivity index (χ1v) is 11.0. The molecule has 0 radical (unpaired) electrons. The zero-order valence-electron chi connectivity index (χ0n) is 17.5. The topological polar surface area (TPSA) is 63.2 Å². The molecule has 0 spiro atoms. The number of hydrogen-bond acceptors (Lipinski definition) is 4. The number of likely N-dealkylation sites (tertiary alicyclic amines) is 1. The lowest BCUT2D eigenvalue weighted by molar-refractivity contribution is -0.139. The molecule has 0 aromatic rings. The summed E-state index contributed by atoms with van der Waals surface area (Å²) in [6.07, 6.45) is 7.70. The van der Waals surface area contributed by atoms with Crippen molar-refractivity contribution in [1.82, 2.24) is 25.3 Å². The normalized spacial score (nSPS) is 23.3. The van der Waals surface area contributed by atoms with Gasteiger partial charge in [0.15, 0.2) is 5.96 Å². The van der Waals surface area contributed by atoms with Gasteiger partial charge in [-0.1, -0.05) is 12.5 Å². The average Bonchev–Trinajstić information content (AvgIpc) is 2.68. The number of piperazine rings is 1. The zero-order valence-corrected chi connectivity index (χ0v) is 17.5. The van der Waals surface area contributed by atoms with Gasteiger partial charge in [0.25, 0.3) is 0 Å². The number of piperidine rings is 1. The van der Waals surface area contributed by atoms with E-state index < -0.39 is 0 Å². The molecule has 1 aliphatic carbocycles. The Morgan fingerprint density at radius 2 is 1.79 bits per heavy atom. The Labute approximate surface area is 170 Å². The van der Waals surface area contributed by atoms with Gasteiger partial charge >= 0.3 is 0 Å². The minimum atomic E-state index is 0.325. The molecule has 1 amide bonds. The van der Waals surface area contributed by atoms with Crippen molar-refractivity contribution in [2.75, 3.05) is 66.0 Å². The maximum Gasteiger partial charge on any atom is 0.225 e. The van der Waals surface area contributed by atoms with E-state index in [9.17, 15) is 4.79 Å². The van der Waals surface area contributed by atoms with E-state index in [0.717, 1.165) is 90.5 Å². The van der Waals surface area contributed by atoms with Crippen LogP contribution in [0.2, 0.25) is 0 Å². The van der Waals surface area contributed by atoms with Crippen LogP contribution in [0.3, 0.4) is 0 Å². The molecule has 2 saturated heterocycles. The molecule has 158 valence electrons. The van der Waals surface area contributed by atoms with Crippen molar-refractivity contribution in [2.45, 2.75) is 38.1 Å². The van der Waals surface area contributed by atoms with Crippen LogP contribution in [0.25, 0.3) is 0 Å². The van der Waals surface area contributed by atoms with E-state index >= 15 is 0 Å². The van der Waals surface area contributed by atoms with Crippen molar-refractivity contribution in [1.29, 1.82) is 0 Å². The second-order valence-corrected chi connectivity index (χ2v) is 8.30. The van der Waals surface area contributed by atoms with E-state index in [1.165, 1.54) is 6.42 Å². The summed E-state index contributed by atoms with van der Waals surface area (Å²) in [5.41, 5.74) is 0. The highest BCUT2D eigenvalue weighted by Crippen LogP contribution is 2.28. The number of nitrogens with zero attached hydrogens (tertiary/aromatic N) is 4. The summed E-state index contributed by atoms with van der Waals surface area (Å²) in [6.45, 7) is 12.6. The van der Waals surface area contributed by atoms with Gasteiger partial charge in [0.1, 0.15) is 0 Å². The van der Waals surface area contributed by atoms with E-state index in [1.54, 1.807) is 0 Å². The lowest BCUT2D eigenvalue weighted by Crippen LogP contribution is -2.53. The van der Waals surface area contributed by atoms with Crippen LogP contribution in [0, 0.1) is 5.92 Å². The molecule has 2 aliphatic heterocycles. The fourth-order valence-electron chi connectivity index (χ4n) is 4.27. The second-order valence-electron chi connectivity index (χ2n) is 8.30. The Hall–Kier alpha value is -1.60. The Balaban J connectivity index is 1.29. The third kappa shape index (κ3) is 5.95. The molecule has 1 saturated carbocycles. The standard InChI is InChI=1S/C21H38N6O/c1-3-10-25-11-7-19(8-12-25)24-21(22-2)23-9-13-26-14-16-27(17-15-26)20(28)18-5-4-6-18/h3,18-19H,1,4-17H2,2H3,(H2,22,23,24). The molecule has 7 nitrogen and oxygen atoms in total. The Morgan fingerprint density at radius 1 is 1.07 bits per heavy atom. The van der Waals surface area contributed by atoms with Crippen LogP contribution in [-0.4, -0.2) is 98.6 Å². The highest BCUT2D eigenvalue weighted by Gasteiger charge is 2.31. The lowest BCUT2D eigenvalue weighted by Gasteiger charge is -2.38. The first-order chi connectivity index (χ1) is 13.7. The van der Waals surface area contributed by atoms with Crippen molar-refractivity contribution >= 4 is 11.9 Å². The van der Waals surface area contributed by atoms with Crippen molar-refractivity contribution in [3.63, 3.8) is 0 Å². The van der Waals surface area contributed by atoms with Gasteiger partial charge < -0.3 is 15.5 Å². The molecule has 0 aromatic carbocycles. The number of guanidine groups is 1. The van der Waals surface area contributed by atoms with Crippen LogP contribution in [-0.2, 0) is 4.79 Å². The van der Waals surface area contributed by atoms with Gasteiger partial charge in [0, 0.05) is 77.9 Å². The van der Waals surface area contributed by atoms with E-state index in [1.807, 2.05) is 13.1 Å². The Bertz CT molecular complexity index is 531. The zero-order chi connectivity index (χ0) is 19.8. The molecular formula is C21H38N6O. The van der Waals surface area contributed by atoms with Crippen molar-refractivity contribution in [2.24, 2.45) is 10.9 Å². The summed E-state index contributed by atoms with van der Waals surface area (Å²) in [5, 5.41) is 7.03. The van der Waals surface area contributed by atoms with Gasteiger partial charge in [-0.3, -0.25) is 19.6 Å². The molecule has 3 rings (SSSR count). The van der Waals surface area contributed by atoms with Crippen molar-refractivity contribution in [3.8, 4) is 0 Å². The highest BCUT2D eigenvalue weighted by molar-refractivity contribution is 5.80. The summed E-state index contributed by atoms with van der Waals surface area (Å²) in [7, 11) is 1.84. The number of aliphatic imine (C=N–C) groups is 1. The summed E-state index contributed by atoms with van der Waals surface area (Å²) in [4.78, 5) is 23.7. The molecule has 2 N–H and O–H groups in total. The third-order valence-electron chi connectivity index (χ3n) is 6.40. The fraction of sp³-hybridized carbons (Fsp3) is 0.810. The number of carbonyl (C=O) groups is 1.